The maximum absolute atomic E-state index is 13.9. The molecule has 1 saturated heterocycles. The molecule has 0 spiro atoms. The third-order valence-corrected chi connectivity index (χ3v) is 6.05. The van der Waals surface area contributed by atoms with Gasteiger partial charge in [0, 0.05) is 29.9 Å². The number of hydrogen-bond acceptors (Lipinski definition) is 4. The zero-order valence-electron chi connectivity index (χ0n) is 16.6. The second-order valence-corrected chi connectivity index (χ2v) is 8.05. The first kappa shape index (κ1) is 19.8. The normalized spacial score (nSPS) is 19.9. The number of anilines is 1. The van der Waals surface area contributed by atoms with Crippen molar-refractivity contribution in [1.82, 2.24) is 9.78 Å². The summed E-state index contributed by atoms with van der Waals surface area (Å²) in [6, 6.07) is 3.73. The highest BCUT2D eigenvalue weighted by Gasteiger charge is 2.36. The predicted octanol–water partition coefficient (Wildman–Crippen LogP) is 3.42. The number of aliphatic hydroxyl groups is 1. The van der Waals surface area contributed by atoms with Crippen molar-refractivity contribution in [1.29, 1.82) is 0 Å². The smallest absolute Gasteiger partial charge is 0.391 e. The van der Waals surface area contributed by atoms with Gasteiger partial charge >= 0.3 is 6.18 Å². The number of rotatable bonds is 3. The summed E-state index contributed by atoms with van der Waals surface area (Å²) in [5, 5.41) is 14.2. The van der Waals surface area contributed by atoms with E-state index in [1.165, 1.54) is 12.1 Å². The fraction of sp³-hybridized carbons (Fsp3) is 0.348. The Morgan fingerprint density at radius 3 is 2.68 bits per heavy atom. The van der Waals surface area contributed by atoms with E-state index in [0.717, 1.165) is 22.7 Å². The van der Waals surface area contributed by atoms with E-state index in [9.17, 15) is 23.1 Å². The summed E-state index contributed by atoms with van der Waals surface area (Å²) >= 11 is 0. The third kappa shape index (κ3) is 3.42. The summed E-state index contributed by atoms with van der Waals surface area (Å²) in [5.41, 5.74) is 4.36. The number of benzene rings is 1. The van der Waals surface area contributed by atoms with Crippen LogP contribution < -0.4 is 10.5 Å². The number of β-amino-alcohol motifs (C(OH)–C–C–N with tert-alkyl or cyclic N) is 1. The van der Waals surface area contributed by atoms with E-state index in [2.05, 4.69) is 10.8 Å². The molecule has 5 nitrogen and oxygen atoms in total. The molecule has 0 amide bonds. The quantitative estimate of drug-likeness (QED) is 0.763. The van der Waals surface area contributed by atoms with Crippen molar-refractivity contribution in [2.75, 3.05) is 18.0 Å². The largest absolute Gasteiger partial charge is 0.418 e. The molecule has 1 atom stereocenters. The molecule has 2 aliphatic carbocycles. The van der Waals surface area contributed by atoms with Crippen molar-refractivity contribution in [3.63, 3.8) is 0 Å². The minimum absolute atomic E-state index is 0.293. The van der Waals surface area contributed by atoms with E-state index in [1.54, 1.807) is 18.2 Å². The number of alkyl halides is 3. The molecule has 8 heteroatoms. The third-order valence-electron chi connectivity index (χ3n) is 6.05. The molecule has 2 aromatic rings. The molecule has 0 radical (unpaired) electrons. The number of nitrogens with zero attached hydrogens (tertiary/aromatic N) is 3. The molecule has 0 unspecified atom stereocenters. The number of fused-ring (bicyclic) bond motifs is 1. The highest BCUT2D eigenvalue weighted by Crippen LogP contribution is 2.37. The number of aromatic nitrogens is 2. The minimum Gasteiger partial charge on any atom is -0.391 e. The van der Waals surface area contributed by atoms with Gasteiger partial charge in [0.25, 0.3) is 5.56 Å². The van der Waals surface area contributed by atoms with Crippen LogP contribution >= 0.6 is 0 Å². The average molecular weight is 427 g/mol. The molecular formula is C23H20F3N3O2. The maximum Gasteiger partial charge on any atom is 0.418 e. The molecule has 0 saturated carbocycles. The zero-order chi connectivity index (χ0) is 21.8. The fourth-order valence-corrected chi connectivity index (χ4v) is 4.54. The molecule has 1 N–H and O–H groups in total. The zero-order valence-corrected chi connectivity index (χ0v) is 16.6. The molecule has 3 aliphatic rings. The van der Waals surface area contributed by atoms with Crippen LogP contribution in [0.5, 0.6) is 0 Å². The van der Waals surface area contributed by atoms with Gasteiger partial charge in [-0.05, 0) is 61.6 Å². The molecule has 2 heterocycles. The Labute approximate surface area is 176 Å². The Morgan fingerprint density at radius 1 is 1.19 bits per heavy atom. The lowest BCUT2D eigenvalue weighted by Crippen LogP contribution is -2.29. The Hall–Kier alpha value is -3.09. The summed E-state index contributed by atoms with van der Waals surface area (Å²) in [5.74, 6) is 0. The predicted molar refractivity (Wildman–Crippen MR) is 110 cm³/mol. The Balaban J connectivity index is 1.74. The van der Waals surface area contributed by atoms with Gasteiger partial charge < -0.3 is 10.0 Å². The van der Waals surface area contributed by atoms with E-state index < -0.39 is 23.4 Å². The molecule has 160 valence electrons. The summed E-state index contributed by atoms with van der Waals surface area (Å²) < 4.78 is 42.5. The lowest BCUT2D eigenvalue weighted by Gasteiger charge is -2.22. The van der Waals surface area contributed by atoms with Crippen molar-refractivity contribution < 1.29 is 18.3 Å². The lowest BCUT2D eigenvalue weighted by atomic mass is 10.0. The second-order valence-electron chi connectivity index (χ2n) is 8.05. The fourth-order valence-electron chi connectivity index (χ4n) is 4.54. The molecule has 1 aromatic carbocycles. The van der Waals surface area contributed by atoms with Gasteiger partial charge in [-0.3, -0.25) is 4.79 Å². The first-order valence-electron chi connectivity index (χ1n) is 10.3. The number of aliphatic hydroxyl groups excluding tert-OH is 1. The van der Waals surface area contributed by atoms with E-state index in [4.69, 9.17) is 0 Å². The second kappa shape index (κ2) is 7.25. The number of hydrogen-bond donors (Lipinski definition) is 1. The lowest BCUT2D eigenvalue weighted by molar-refractivity contribution is -0.137. The van der Waals surface area contributed by atoms with Crippen LogP contribution in [0, 0.1) is 0 Å². The van der Waals surface area contributed by atoms with Crippen molar-refractivity contribution >= 4 is 11.3 Å². The van der Waals surface area contributed by atoms with Gasteiger partial charge in [0.2, 0.25) is 0 Å². The van der Waals surface area contributed by atoms with Crippen molar-refractivity contribution in [2.24, 2.45) is 0 Å². The summed E-state index contributed by atoms with van der Waals surface area (Å²) in [6.07, 6.45) is 2.63. The van der Waals surface area contributed by atoms with Crippen molar-refractivity contribution in [3.05, 3.63) is 74.9 Å². The topological polar surface area (TPSA) is 58.4 Å². The van der Waals surface area contributed by atoms with E-state index in [0.29, 0.717) is 54.9 Å². The highest BCUT2D eigenvalue weighted by molar-refractivity contribution is 5.76. The van der Waals surface area contributed by atoms with Crippen LogP contribution in [0.3, 0.4) is 0 Å². The first-order valence-corrected chi connectivity index (χ1v) is 10.3. The highest BCUT2D eigenvalue weighted by atomic mass is 19.4. The van der Waals surface area contributed by atoms with Gasteiger partial charge in [0.05, 0.1) is 17.4 Å². The van der Waals surface area contributed by atoms with Crippen molar-refractivity contribution in [3.8, 4) is 5.69 Å². The molecule has 31 heavy (non-hydrogen) atoms. The SMILES string of the molecule is O=c1c2c(c(C3=C=CC=C3)nn1-c1cc(N3CC[C@H](O)C3)ccc1C(F)(F)F)CCC2. The van der Waals surface area contributed by atoms with Crippen LogP contribution in [-0.4, -0.2) is 34.1 Å². The number of halogens is 3. The van der Waals surface area contributed by atoms with Crippen LogP contribution in [0.15, 0.2) is 47.0 Å². The summed E-state index contributed by atoms with van der Waals surface area (Å²) in [7, 11) is 0. The van der Waals surface area contributed by atoms with Crippen LogP contribution in [0.25, 0.3) is 11.3 Å². The van der Waals surface area contributed by atoms with Gasteiger partial charge in [0.15, 0.2) is 0 Å². The monoisotopic (exact) mass is 427 g/mol. The molecule has 1 aromatic heterocycles. The van der Waals surface area contributed by atoms with Gasteiger partial charge in [-0.25, -0.2) is 0 Å². The molecule has 1 fully saturated rings. The van der Waals surface area contributed by atoms with Gasteiger partial charge in [-0.1, -0.05) is 6.08 Å². The standard InChI is InChI=1S/C23H20F3N3O2/c24-23(25,26)19-9-8-15(28-11-10-16(30)13-28)12-20(19)29-22(31)18-7-3-6-17(18)21(27-29)14-4-1-2-5-14/h1-2,4,8-9,12,16,30H,3,6-7,10-11,13H2/t16-/m0/s1. The Morgan fingerprint density at radius 2 is 2.00 bits per heavy atom. The minimum atomic E-state index is -4.65. The molecule has 0 bridgehead atoms. The van der Waals surface area contributed by atoms with Crippen LogP contribution in [0.1, 0.15) is 35.2 Å². The Bertz CT molecular complexity index is 1220. The van der Waals surface area contributed by atoms with Gasteiger partial charge in [-0.2, -0.15) is 23.0 Å². The maximum atomic E-state index is 13.9. The van der Waals surface area contributed by atoms with E-state index >= 15 is 0 Å². The Kier molecular flexibility index (Phi) is 4.64. The van der Waals surface area contributed by atoms with Gasteiger partial charge in [0.1, 0.15) is 5.69 Å². The van der Waals surface area contributed by atoms with E-state index in [1.807, 2.05) is 4.90 Å². The van der Waals surface area contributed by atoms with Crippen molar-refractivity contribution in [2.45, 2.75) is 38.0 Å². The van der Waals surface area contributed by atoms with Crippen LogP contribution in [-0.2, 0) is 19.0 Å². The number of allylic oxidation sites excluding steroid dienone is 3. The average Bonchev–Trinajstić information content (AvgIpc) is 3.49. The molecule has 1 aliphatic heterocycles. The van der Waals surface area contributed by atoms with E-state index in [-0.39, 0.29) is 5.69 Å². The summed E-state index contributed by atoms with van der Waals surface area (Å²) in [6.45, 7) is 0.872. The van der Waals surface area contributed by atoms with Crippen LogP contribution in [0.4, 0.5) is 18.9 Å². The molecular weight excluding hydrogens is 407 g/mol. The van der Waals surface area contributed by atoms with Crippen LogP contribution in [0.2, 0.25) is 0 Å². The van der Waals surface area contributed by atoms with Gasteiger partial charge in [-0.15, -0.1) is 5.73 Å². The summed E-state index contributed by atoms with van der Waals surface area (Å²) in [4.78, 5) is 15.0. The molecule has 5 rings (SSSR count). The first-order chi connectivity index (χ1) is 14.8.